The number of piperazine rings is 1. The number of nitrogens with zero attached hydrogens (tertiary/aromatic N) is 3. The Labute approximate surface area is 162 Å². The third kappa shape index (κ3) is 4.17. The first-order valence-corrected chi connectivity index (χ1v) is 10.2. The van der Waals surface area contributed by atoms with E-state index >= 15 is 0 Å². The summed E-state index contributed by atoms with van der Waals surface area (Å²) in [7, 11) is 0. The molecule has 1 amide bonds. The quantitative estimate of drug-likeness (QED) is 0.868. The molecule has 1 unspecified atom stereocenters. The first-order valence-electron chi connectivity index (χ1n) is 9.30. The highest BCUT2D eigenvalue weighted by Gasteiger charge is 2.26. The lowest BCUT2D eigenvalue weighted by molar-refractivity contribution is -0.120. The van der Waals surface area contributed by atoms with Gasteiger partial charge in [-0.25, -0.2) is 4.98 Å². The first-order chi connectivity index (χ1) is 13.2. The fourth-order valence-corrected chi connectivity index (χ4v) is 4.02. The zero-order chi connectivity index (χ0) is 18.6. The van der Waals surface area contributed by atoms with Crippen molar-refractivity contribution in [2.24, 2.45) is 0 Å². The van der Waals surface area contributed by atoms with Crippen molar-refractivity contribution >= 4 is 28.1 Å². The van der Waals surface area contributed by atoms with Gasteiger partial charge in [0.05, 0.1) is 19.3 Å². The SMILES string of the molecule is CC(C(=O)Nc1ccc2c(c1)OCCCO2)N1CCN(c2nccs2)CC1. The topological polar surface area (TPSA) is 66.9 Å². The van der Waals surface area contributed by atoms with Crippen molar-refractivity contribution in [1.29, 1.82) is 0 Å². The normalized spacial score (nSPS) is 18.6. The molecule has 0 spiro atoms. The molecular weight excluding hydrogens is 364 g/mol. The summed E-state index contributed by atoms with van der Waals surface area (Å²) in [5.41, 5.74) is 0.734. The molecule has 1 aromatic carbocycles. The molecule has 0 aliphatic carbocycles. The van der Waals surface area contributed by atoms with E-state index < -0.39 is 0 Å². The summed E-state index contributed by atoms with van der Waals surface area (Å²) in [4.78, 5) is 21.6. The van der Waals surface area contributed by atoms with Gasteiger partial charge >= 0.3 is 0 Å². The van der Waals surface area contributed by atoms with E-state index in [0.717, 1.165) is 49.2 Å². The molecule has 7 nitrogen and oxygen atoms in total. The molecule has 144 valence electrons. The number of anilines is 2. The molecule has 0 radical (unpaired) electrons. The van der Waals surface area contributed by atoms with Crippen molar-refractivity contribution in [2.75, 3.05) is 49.6 Å². The summed E-state index contributed by atoms with van der Waals surface area (Å²) in [6, 6.07) is 5.36. The molecule has 2 aromatic rings. The van der Waals surface area contributed by atoms with Crippen LogP contribution in [-0.2, 0) is 4.79 Å². The zero-order valence-corrected chi connectivity index (χ0v) is 16.2. The monoisotopic (exact) mass is 388 g/mol. The Balaban J connectivity index is 1.34. The van der Waals surface area contributed by atoms with E-state index in [1.54, 1.807) is 11.3 Å². The van der Waals surface area contributed by atoms with Crippen LogP contribution in [0, 0.1) is 0 Å². The number of rotatable bonds is 4. The molecule has 0 bridgehead atoms. The van der Waals surface area contributed by atoms with Gasteiger partial charge in [0.25, 0.3) is 0 Å². The first kappa shape index (κ1) is 18.1. The standard InChI is InChI=1S/C19H24N4O3S/c1-14(22-6-8-23(9-7-22)19-20-5-12-27-19)18(24)21-15-3-4-16-17(13-15)26-11-2-10-25-16/h3-5,12-14H,2,6-11H2,1H3,(H,21,24). The average Bonchev–Trinajstić information content (AvgIpc) is 3.13. The van der Waals surface area contributed by atoms with Crippen LogP contribution in [0.4, 0.5) is 10.8 Å². The van der Waals surface area contributed by atoms with Gasteiger partial charge in [0.1, 0.15) is 0 Å². The highest BCUT2D eigenvalue weighted by molar-refractivity contribution is 7.13. The summed E-state index contributed by atoms with van der Waals surface area (Å²) in [5, 5.41) is 6.06. The van der Waals surface area contributed by atoms with Crippen LogP contribution in [-0.4, -0.2) is 61.2 Å². The average molecular weight is 388 g/mol. The van der Waals surface area contributed by atoms with E-state index in [-0.39, 0.29) is 11.9 Å². The molecule has 1 atom stereocenters. The lowest BCUT2D eigenvalue weighted by atomic mass is 10.2. The fraction of sp³-hybridized carbons (Fsp3) is 0.474. The van der Waals surface area contributed by atoms with Crippen molar-refractivity contribution < 1.29 is 14.3 Å². The predicted molar refractivity (Wildman–Crippen MR) is 106 cm³/mol. The molecule has 1 saturated heterocycles. The molecule has 2 aliphatic heterocycles. The van der Waals surface area contributed by atoms with Crippen molar-refractivity contribution in [3.05, 3.63) is 29.8 Å². The van der Waals surface area contributed by atoms with E-state index in [9.17, 15) is 4.79 Å². The van der Waals surface area contributed by atoms with Gasteiger partial charge in [-0.1, -0.05) is 0 Å². The maximum absolute atomic E-state index is 12.7. The maximum Gasteiger partial charge on any atom is 0.241 e. The largest absolute Gasteiger partial charge is 0.490 e. The molecular formula is C19H24N4O3S. The Morgan fingerprint density at radius 2 is 1.96 bits per heavy atom. The molecule has 1 N–H and O–H groups in total. The highest BCUT2D eigenvalue weighted by Crippen LogP contribution is 2.32. The molecule has 27 heavy (non-hydrogen) atoms. The predicted octanol–water partition coefficient (Wildman–Crippen LogP) is 2.45. The number of thiazole rings is 1. The molecule has 4 rings (SSSR count). The van der Waals surface area contributed by atoms with Crippen molar-refractivity contribution in [1.82, 2.24) is 9.88 Å². The van der Waals surface area contributed by atoms with Gasteiger partial charge in [-0.3, -0.25) is 9.69 Å². The van der Waals surface area contributed by atoms with Crippen LogP contribution in [0.5, 0.6) is 11.5 Å². The molecule has 8 heteroatoms. The van der Waals surface area contributed by atoms with Gasteiger partial charge < -0.3 is 19.7 Å². The third-order valence-corrected chi connectivity index (χ3v) is 5.78. The lowest BCUT2D eigenvalue weighted by Gasteiger charge is -2.37. The van der Waals surface area contributed by atoms with Crippen molar-refractivity contribution in [3.8, 4) is 11.5 Å². The smallest absolute Gasteiger partial charge is 0.241 e. The minimum Gasteiger partial charge on any atom is -0.490 e. The van der Waals surface area contributed by atoms with E-state index in [4.69, 9.17) is 9.47 Å². The number of nitrogens with one attached hydrogen (secondary N) is 1. The summed E-state index contributed by atoms with van der Waals surface area (Å²) >= 11 is 1.65. The molecule has 2 aliphatic rings. The number of benzene rings is 1. The molecule has 3 heterocycles. The van der Waals surface area contributed by atoms with Crippen LogP contribution in [0.1, 0.15) is 13.3 Å². The van der Waals surface area contributed by atoms with Gasteiger partial charge in [0.2, 0.25) is 5.91 Å². The minimum absolute atomic E-state index is 0.00723. The number of ether oxygens (including phenoxy) is 2. The fourth-order valence-electron chi connectivity index (χ4n) is 3.33. The number of fused-ring (bicyclic) bond motifs is 1. The van der Waals surface area contributed by atoms with E-state index in [0.29, 0.717) is 19.0 Å². The summed E-state index contributed by atoms with van der Waals surface area (Å²) in [6.07, 6.45) is 2.69. The van der Waals surface area contributed by atoms with Crippen molar-refractivity contribution in [2.45, 2.75) is 19.4 Å². The van der Waals surface area contributed by atoms with E-state index in [1.807, 2.05) is 36.7 Å². The minimum atomic E-state index is -0.195. The van der Waals surface area contributed by atoms with Gasteiger partial charge in [-0.05, 0) is 19.1 Å². The van der Waals surface area contributed by atoms with E-state index in [1.165, 1.54) is 0 Å². The van der Waals surface area contributed by atoms with Crippen LogP contribution < -0.4 is 19.7 Å². The summed E-state index contributed by atoms with van der Waals surface area (Å²) in [6.45, 7) is 6.69. The third-order valence-electron chi connectivity index (χ3n) is 4.95. The number of hydrogen-bond acceptors (Lipinski definition) is 7. The van der Waals surface area contributed by atoms with Crippen LogP contribution in [0.3, 0.4) is 0 Å². The Bertz CT molecular complexity index is 775. The number of carbonyl (C=O) groups excluding carboxylic acids is 1. The number of amides is 1. The molecule has 1 fully saturated rings. The number of hydrogen-bond donors (Lipinski definition) is 1. The Morgan fingerprint density at radius 1 is 1.19 bits per heavy atom. The number of aromatic nitrogens is 1. The molecule has 1 aromatic heterocycles. The lowest BCUT2D eigenvalue weighted by Crippen LogP contribution is -2.52. The second kappa shape index (κ2) is 8.14. The zero-order valence-electron chi connectivity index (χ0n) is 15.4. The summed E-state index contributed by atoms with van der Waals surface area (Å²) in [5.74, 6) is 1.42. The van der Waals surface area contributed by atoms with Crippen LogP contribution in [0.2, 0.25) is 0 Å². The Kier molecular flexibility index (Phi) is 5.45. The van der Waals surface area contributed by atoms with Gasteiger partial charge in [-0.15, -0.1) is 11.3 Å². The van der Waals surface area contributed by atoms with Crippen LogP contribution in [0.15, 0.2) is 29.8 Å². The van der Waals surface area contributed by atoms with E-state index in [2.05, 4.69) is 20.1 Å². The Morgan fingerprint density at radius 3 is 2.70 bits per heavy atom. The maximum atomic E-state index is 12.7. The second-order valence-corrected chi connectivity index (χ2v) is 7.59. The van der Waals surface area contributed by atoms with Crippen molar-refractivity contribution in [3.63, 3.8) is 0 Å². The molecule has 0 saturated carbocycles. The van der Waals surface area contributed by atoms with Crippen LogP contribution >= 0.6 is 11.3 Å². The van der Waals surface area contributed by atoms with Gasteiger partial charge in [-0.2, -0.15) is 0 Å². The highest BCUT2D eigenvalue weighted by atomic mass is 32.1. The summed E-state index contributed by atoms with van der Waals surface area (Å²) < 4.78 is 11.3. The second-order valence-electron chi connectivity index (χ2n) is 6.71. The Hall–Kier alpha value is -2.32. The van der Waals surface area contributed by atoms with Gasteiger partial charge in [0, 0.05) is 55.9 Å². The van der Waals surface area contributed by atoms with Gasteiger partial charge in [0.15, 0.2) is 16.6 Å². The number of carbonyl (C=O) groups is 1. The van der Waals surface area contributed by atoms with Crippen LogP contribution in [0.25, 0.3) is 0 Å².